The molecule has 92 valence electrons. The highest BCUT2D eigenvalue weighted by molar-refractivity contribution is 7.12. The molecule has 1 aromatic carbocycles. The first-order valence-electron chi connectivity index (χ1n) is 5.30. The number of hydrogen-bond donors (Lipinski definition) is 1. The van der Waals surface area contributed by atoms with Gasteiger partial charge in [-0.2, -0.15) is 0 Å². The Labute approximate surface area is 108 Å². The van der Waals surface area contributed by atoms with E-state index in [4.69, 9.17) is 5.11 Å². The van der Waals surface area contributed by atoms with Gasteiger partial charge in [-0.15, -0.1) is 11.3 Å². The Morgan fingerprint density at radius 1 is 1.11 bits per heavy atom. The molecule has 0 aliphatic heterocycles. The summed E-state index contributed by atoms with van der Waals surface area (Å²) in [6.45, 7) is -0.346. The molecule has 0 aliphatic carbocycles. The van der Waals surface area contributed by atoms with Crippen LogP contribution in [0, 0.1) is 0 Å². The van der Waals surface area contributed by atoms with Crippen LogP contribution >= 0.6 is 11.3 Å². The van der Waals surface area contributed by atoms with Crippen molar-refractivity contribution in [3.05, 3.63) is 52.7 Å². The van der Waals surface area contributed by atoms with Crippen molar-refractivity contribution in [3.63, 3.8) is 0 Å². The molecule has 0 fully saturated rings. The first-order chi connectivity index (χ1) is 8.68. The first kappa shape index (κ1) is 12.3. The zero-order chi connectivity index (χ0) is 13.0. The van der Waals surface area contributed by atoms with Crippen LogP contribution in [-0.2, 0) is 4.79 Å². The fraction of sp³-hybridized carbons (Fsp3) is 0.0769. The third kappa shape index (κ3) is 2.75. The molecule has 18 heavy (non-hydrogen) atoms. The number of aliphatic carboxylic acids is 1. The second kappa shape index (κ2) is 5.46. The Balaban J connectivity index is 2.31. The summed E-state index contributed by atoms with van der Waals surface area (Å²) in [6.07, 6.45) is 0. The molecule has 2 rings (SSSR count). The van der Waals surface area contributed by atoms with Gasteiger partial charge >= 0.3 is 5.97 Å². The molecule has 0 aliphatic rings. The lowest BCUT2D eigenvalue weighted by atomic mass is 10.2. The molecule has 0 saturated heterocycles. The molecule has 4 nitrogen and oxygen atoms in total. The fourth-order valence-electron chi connectivity index (χ4n) is 1.56. The molecule has 2 aromatic rings. The van der Waals surface area contributed by atoms with Crippen molar-refractivity contribution in [2.24, 2.45) is 0 Å². The lowest BCUT2D eigenvalue weighted by Gasteiger charge is -2.19. The minimum absolute atomic E-state index is 0.293. The predicted molar refractivity (Wildman–Crippen MR) is 70.1 cm³/mol. The Kier molecular flexibility index (Phi) is 3.74. The van der Waals surface area contributed by atoms with Gasteiger partial charge in [0.1, 0.15) is 6.54 Å². The van der Waals surface area contributed by atoms with Crippen LogP contribution in [0.25, 0.3) is 0 Å². The van der Waals surface area contributed by atoms with Crippen molar-refractivity contribution in [1.29, 1.82) is 0 Å². The number of nitrogens with zero attached hydrogens (tertiary/aromatic N) is 1. The van der Waals surface area contributed by atoms with Crippen LogP contribution < -0.4 is 4.90 Å². The highest BCUT2D eigenvalue weighted by Gasteiger charge is 2.20. The van der Waals surface area contributed by atoms with Gasteiger partial charge in [-0.1, -0.05) is 24.3 Å². The van der Waals surface area contributed by atoms with Crippen LogP contribution in [0.1, 0.15) is 9.67 Å². The van der Waals surface area contributed by atoms with Gasteiger partial charge in [0.15, 0.2) is 0 Å². The molecular weight excluding hydrogens is 250 g/mol. The molecule has 0 saturated carbocycles. The summed E-state index contributed by atoms with van der Waals surface area (Å²) >= 11 is 1.30. The topological polar surface area (TPSA) is 57.6 Å². The largest absolute Gasteiger partial charge is 0.480 e. The average Bonchev–Trinajstić information content (AvgIpc) is 2.90. The Morgan fingerprint density at radius 3 is 2.39 bits per heavy atom. The molecule has 1 aromatic heterocycles. The van der Waals surface area contributed by atoms with Crippen molar-refractivity contribution < 1.29 is 14.7 Å². The third-order valence-corrected chi connectivity index (χ3v) is 3.20. The summed E-state index contributed by atoms with van der Waals surface area (Å²) in [5.74, 6) is -1.33. The normalized spacial score (nSPS) is 10.0. The van der Waals surface area contributed by atoms with Crippen LogP contribution in [0.5, 0.6) is 0 Å². The average molecular weight is 261 g/mol. The number of benzene rings is 1. The van der Waals surface area contributed by atoms with Gasteiger partial charge in [-0.25, -0.2) is 0 Å². The summed E-state index contributed by atoms with van der Waals surface area (Å²) in [6, 6.07) is 12.2. The van der Waals surface area contributed by atoms with Gasteiger partial charge in [0.2, 0.25) is 0 Å². The molecule has 0 atom stereocenters. The van der Waals surface area contributed by atoms with Crippen LogP contribution in [0.4, 0.5) is 5.69 Å². The summed E-state index contributed by atoms with van der Waals surface area (Å²) in [5, 5.41) is 10.7. The van der Waals surface area contributed by atoms with E-state index in [-0.39, 0.29) is 12.5 Å². The summed E-state index contributed by atoms with van der Waals surface area (Å²) in [7, 11) is 0. The van der Waals surface area contributed by atoms with Crippen LogP contribution in [0.2, 0.25) is 0 Å². The van der Waals surface area contributed by atoms with Crippen molar-refractivity contribution in [2.45, 2.75) is 0 Å². The van der Waals surface area contributed by atoms with Gasteiger partial charge in [0.25, 0.3) is 5.91 Å². The van der Waals surface area contributed by atoms with Crippen molar-refractivity contribution in [1.82, 2.24) is 0 Å². The van der Waals surface area contributed by atoms with E-state index in [0.29, 0.717) is 10.6 Å². The van der Waals surface area contributed by atoms with E-state index in [1.54, 1.807) is 41.8 Å². The molecule has 0 spiro atoms. The number of carbonyl (C=O) groups is 2. The SMILES string of the molecule is O=C(O)CN(C(=O)c1cccs1)c1ccccc1. The number of carboxylic acid groups (broad SMARTS) is 1. The van der Waals surface area contributed by atoms with Crippen molar-refractivity contribution >= 4 is 28.9 Å². The summed E-state index contributed by atoms with van der Waals surface area (Å²) in [4.78, 5) is 24.9. The van der Waals surface area contributed by atoms with Gasteiger partial charge in [-0.05, 0) is 23.6 Å². The number of carbonyl (C=O) groups excluding carboxylic acids is 1. The Hall–Kier alpha value is -2.14. The highest BCUT2D eigenvalue weighted by atomic mass is 32.1. The van der Waals surface area contributed by atoms with E-state index in [1.807, 2.05) is 6.07 Å². The molecule has 5 heteroatoms. The van der Waals surface area contributed by atoms with Gasteiger partial charge in [0.05, 0.1) is 4.88 Å². The van der Waals surface area contributed by atoms with Gasteiger partial charge in [0, 0.05) is 5.69 Å². The molecule has 1 amide bonds. The molecule has 1 N–H and O–H groups in total. The molecule has 0 bridgehead atoms. The number of hydrogen-bond acceptors (Lipinski definition) is 3. The lowest BCUT2D eigenvalue weighted by Crippen LogP contribution is -2.35. The zero-order valence-electron chi connectivity index (χ0n) is 9.45. The minimum Gasteiger partial charge on any atom is -0.480 e. The Morgan fingerprint density at radius 2 is 1.83 bits per heavy atom. The lowest BCUT2D eigenvalue weighted by molar-refractivity contribution is -0.135. The van der Waals surface area contributed by atoms with Crippen LogP contribution in [-0.4, -0.2) is 23.5 Å². The molecule has 0 radical (unpaired) electrons. The smallest absolute Gasteiger partial charge is 0.323 e. The second-order valence-electron chi connectivity index (χ2n) is 3.60. The number of rotatable bonds is 4. The van der Waals surface area contributed by atoms with E-state index >= 15 is 0 Å². The minimum atomic E-state index is -1.04. The van der Waals surface area contributed by atoms with E-state index < -0.39 is 5.97 Å². The molecule has 0 unspecified atom stereocenters. The first-order valence-corrected chi connectivity index (χ1v) is 6.18. The quantitative estimate of drug-likeness (QED) is 0.919. The molecular formula is C13H11NO3S. The standard InChI is InChI=1S/C13H11NO3S/c15-12(16)9-14(10-5-2-1-3-6-10)13(17)11-7-4-8-18-11/h1-8H,9H2,(H,15,16). The van der Waals surface area contributed by atoms with E-state index in [9.17, 15) is 9.59 Å². The van der Waals surface area contributed by atoms with E-state index in [2.05, 4.69) is 0 Å². The van der Waals surface area contributed by atoms with Gasteiger partial charge in [-0.3, -0.25) is 14.5 Å². The zero-order valence-corrected chi connectivity index (χ0v) is 10.3. The van der Waals surface area contributed by atoms with Crippen molar-refractivity contribution in [2.75, 3.05) is 11.4 Å². The maximum atomic E-state index is 12.2. The maximum Gasteiger partial charge on any atom is 0.323 e. The predicted octanol–water partition coefficient (Wildman–Crippen LogP) is 2.48. The van der Waals surface area contributed by atoms with Crippen molar-refractivity contribution in [3.8, 4) is 0 Å². The van der Waals surface area contributed by atoms with Gasteiger partial charge < -0.3 is 5.11 Å². The number of thiophene rings is 1. The molecule has 1 heterocycles. The van der Waals surface area contributed by atoms with Crippen LogP contribution in [0.15, 0.2) is 47.8 Å². The fourth-order valence-corrected chi connectivity index (χ4v) is 2.23. The summed E-state index contributed by atoms with van der Waals surface area (Å²) < 4.78 is 0. The van der Waals surface area contributed by atoms with Crippen LogP contribution in [0.3, 0.4) is 0 Å². The van der Waals surface area contributed by atoms with E-state index in [0.717, 1.165) is 0 Å². The summed E-state index contributed by atoms with van der Waals surface area (Å²) in [5.41, 5.74) is 0.582. The monoisotopic (exact) mass is 261 g/mol. The number of anilines is 1. The van der Waals surface area contributed by atoms with E-state index in [1.165, 1.54) is 16.2 Å². The highest BCUT2D eigenvalue weighted by Crippen LogP contribution is 2.19. The second-order valence-corrected chi connectivity index (χ2v) is 4.55. The third-order valence-electron chi connectivity index (χ3n) is 2.34. The Bertz CT molecular complexity index is 537. The number of amides is 1. The number of carboxylic acids is 1. The maximum absolute atomic E-state index is 12.2. The number of para-hydroxylation sites is 1.